The monoisotopic (exact) mass is 352 g/mol. The van der Waals surface area contributed by atoms with Crippen molar-refractivity contribution in [3.63, 3.8) is 0 Å². The van der Waals surface area contributed by atoms with Crippen molar-refractivity contribution in [2.45, 2.75) is 59.0 Å². The van der Waals surface area contributed by atoms with Gasteiger partial charge in [0.15, 0.2) is 6.10 Å². The van der Waals surface area contributed by atoms with E-state index >= 15 is 0 Å². The Balaban J connectivity index is 2.96. The summed E-state index contributed by atoms with van der Waals surface area (Å²) in [6.45, 7) is 10.7. The molecule has 0 fully saturated rings. The fourth-order valence-electron chi connectivity index (χ4n) is 2.51. The number of nitriles is 1. The van der Waals surface area contributed by atoms with E-state index in [1.54, 1.807) is 19.9 Å². The minimum absolute atomic E-state index is 0.0792. The Bertz CT molecular complexity index is 763. The standard InChI is InChI=1S/C17H24N2O4S/c1-10(9-18)23-16(20)7-8-19-24(21,22)17-14(5)12(3)11(2)13(4)15(17)6/h10,19H,7-8H2,1-6H3/t10-/m0/s1. The van der Waals surface area contributed by atoms with Crippen molar-refractivity contribution in [3.05, 3.63) is 27.8 Å². The normalized spacial score (nSPS) is 12.5. The molecule has 0 saturated carbocycles. The van der Waals surface area contributed by atoms with Gasteiger partial charge in [0.05, 0.1) is 11.3 Å². The van der Waals surface area contributed by atoms with Crippen LogP contribution >= 0.6 is 0 Å². The van der Waals surface area contributed by atoms with E-state index < -0.39 is 22.1 Å². The van der Waals surface area contributed by atoms with Gasteiger partial charge in [-0.2, -0.15) is 5.26 Å². The second kappa shape index (κ2) is 7.77. The molecule has 0 aliphatic heterocycles. The van der Waals surface area contributed by atoms with Crippen molar-refractivity contribution in [1.29, 1.82) is 5.26 Å². The molecule has 0 saturated heterocycles. The van der Waals surface area contributed by atoms with E-state index in [1.165, 1.54) is 6.92 Å². The number of carbonyl (C=O) groups excluding carboxylic acids is 1. The van der Waals surface area contributed by atoms with E-state index in [0.29, 0.717) is 11.1 Å². The molecule has 0 aromatic heterocycles. The molecule has 132 valence electrons. The van der Waals surface area contributed by atoms with Gasteiger partial charge in [-0.05, 0) is 69.4 Å². The summed E-state index contributed by atoms with van der Waals surface area (Å²) in [6, 6.07) is 1.78. The summed E-state index contributed by atoms with van der Waals surface area (Å²) in [6.07, 6.45) is -0.978. The molecule has 0 heterocycles. The minimum atomic E-state index is -3.74. The van der Waals surface area contributed by atoms with Gasteiger partial charge in [-0.25, -0.2) is 13.1 Å². The lowest BCUT2D eigenvalue weighted by molar-refractivity contribution is -0.145. The van der Waals surface area contributed by atoms with Crippen LogP contribution in [0.15, 0.2) is 4.90 Å². The molecule has 1 rings (SSSR count). The van der Waals surface area contributed by atoms with Crippen LogP contribution < -0.4 is 4.72 Å². The molecule has 0 aliphatic carbocycles. The first-order chi connectivity index (χ1) is 11.0. The number of ether oxygens (including phenoxy) is 1. The smallest absolute Gasteiger partial charge is 0.308 e. The Morgan fingerprint density at radius 1 is 1.08 bits per heavy atom. The molecule has 24 heavy (non-hydrogen) atoms. The highest BCUT2D eigenvalue weighted by Gasteiger charge is 2.23. The molecular weight excluding hydrogens is 328 g/mol. The molecular formula is C17H24N2O4S. The van der Waals surface area contributed by atoms with Crippen LogP contribution in [0, 0.1) is 45.9 Å². The van der Waals surface area contributed by atoms with Gasteiger partial charge < -0.3 is 4.74 Å². The third kappa shape index (κ3) is 4.34. The molecule has 1 aromatic rings. The molecule has 0 amide bonds. The summed E-state index contributed by atoms with van der Waals surface area (Å²) in [5.41, 5.74) is 4.40. The molecule has 1 atom stereocenters. The first kappa shape index (κ1) is 20.1. The van der Waals surface area contributed by atoms with Crippen molar-refractivity contribution in [3.8, 4) is 6.07 Å². The van der Waals surface area contributed by atoms with Gasteiger partial charge >= 0.3 is 5.97 Å². The van der Waals surface area contributed by atoms with Gasteiger partial charge in [-0.15, -0.1) is 0 Å². The van der Waals surface area contributed by atoms with Crippen LogP contribution in [-0.4, -0.2) is 27.0 Å². The van der Waals surface area contributed by atoms with E-state index in [1.807, 2.05) is 20.8 Å². The predicted molar refractivity (Wildman–Crippen MR) is 91.1 cm³/mol. The number of benzene rings is 1. The van der Waals surface area contributed by atoms with Crippen molar-refractivity contribution >= 4 is 16.0 Å². The zero-order chi connectivity index (χ0) is 18.7. The summed E-state index contributed by atoms with van der Waals surface area (Å²) in [5, 5.41) is 8.58. The van der Waals surface area contributed by atoms with Crippen LogP contribution in [0.1, 0.15) is 41.2 Å². The lowest BCUT2D eigenvalue weighted by atomic mass is 9.95. The predicted octanol–water partition coefficient (Wildman–Crippen LogP) is 2.35. The van der Waals surface area contributed by atoms with E-state index in [-0.39, 0.29) is 17.9 Å². The van der Waals surface area contributed by atoms with Crippen LogP contribution in [0.5, 0.6) is 0 Å². The molecule has 1 N–H and O–H groups in total. The maximum atomic E-state index is 12.6. The molecule has 0 radical (unpaired) electrons. The van der Waals surface area contributed by atoms with E-state index in [4.69, 9.17) is 10.00 Å². The largest absolute Gasteiger partial charge is 0.447 e. The number of hydrogen-bond acceptors (Lipinski definition) is 5. The van der Waals surface area contributed by atoms with Crippen LogP contribution in [0.2, 0.25) is 0 Å². The van der Waals surface area contributed by atoms with Crippen molar-refractivity contribution in [2.24, 2.45) is 0 Å². The van der Waals surface area contributed by atoms with Gasteiger partial charge in [-0.1, -0.05) is 0 Å². The Kier molecular flexibility index (Phi) is 6.52. The summed E-state index contributed by atoms with van der Waals surface area (Å²) in [4.78, 5) is 11.8. The van der Waals surface area contributed by atoms with E-state index in [2.05, 4.69) is 4.72 Å². The van der Waals surface area contributed by atoms with Crippen molar-refractivity contribution < 1.29 is 17.9 Å². The second-order valence-corrected chi connectivity index (χ2v) is 7.57. The number of carbonyl (C=O) groups is 1. The van der Waals surface area contributed by atoms with Crippen LogP contribution in [-0.2, 0) is 19.6 Å². The number of nitrogens with zero attached hydrogens (tertiary/aromatic N) is 1. The van der Waals surface area contributed by atoms with E-state index in [0.717, 1.165) is 16.7 Å². The molecule has 6 nitrogen and oxygen atoms in total. The number of sulfonamides is 1. The average molecular weight is 352 g/mol. The number of hydrogen-bond donors (Lipinski definition) is 1. The van der Waals surface area contributed by atoms with E-state index in [9.17, 15) is 13.2 Å². The van der Waals surface area contributed by atoms with Crippen molar-refractivity contribution in [1.82, 2.24) is 4.72 Å². The topological polar surface area (TPSA) is 96.3 Å². The third-order valence-electron chi connectivity index (χ3n) is 4.31. The zero-order valence-corrected chi connectivity index (χ0v) is 15.8. The van der Waals surface area contributed by atoms with Gasteiger partial charge in [0.2, 0.25) is 10.0 Å². The summed E-state index contributed by atoms with van der Waals surface area (Å²) < 4.78 is 32.5. The summed E-state index contributed by atoms with van der Waals surface area (Å²) in [7, 11) is -3.74. The average Bonchev–Trinajstić information content (AvgIpc) is 2.50. The highest BCUT2D eigenvalue weighted by Crippen LogP contribution is 2.29. The minimum Gasteiger partial charge on any atom is -0.447 e. The molecule has 7 heteroatoms. The Morgan fingerprint density at radius 2 is 1.54 bits per heavy atom. The molecule has 0 bridgehead atoms. The molecule has 1 aromatic carbocycles. The molecule has 0 unspecified atom stereocenters. The Hall–Kier alpha value is -1.91. The van der Waals surface area contributed by atoms with Crippen LogP contribution in [0.3, 0.4) is 0 Å². The maximum absolute atomic E-state index is 12.6. The Morgan fingerprint density at radius 3 is 2.00 bits per heavy atom. The van der Waals surface area contributed by atoms with Crippen LogP contribution in [0.25, 0.3) is 0 Å². The summed E-state index contributed by atoms with van der Waals surface area (Å²) in [5.74, 6) is -0.614. The third-order valence-corrected chi connectivity index (χ3v) is 6.05. The first-order valence-corrected chi connectivity index (χ1v) is 9.17. The first-order valence-electron chi connectivity index (χ1n) is 7.68. The zero-order valence-electron chi connectivity index (χ0n) is 15.0. The second-order valence-electron chi connectivity index (χ2n) is 5.86. The SMILES string of the molecule is Cc1c(C)c(C)c(S(=O)(=O)NCCC(=O)O[C@@H](C)C#N)c(C)c1C. The number of esters is 1. The maximum Gasteiger partial charge on any atom is 0.308 e. The lowest BCUT2D eigenvalue weighted by Crippen LogP contribution is -2.29. The fourth-order valence-corrected chi connectivity index (χ4v) is 4.14. The van der Waals surface area contributed by atoms with Gasteiger partial charge in [0, 0.05) is 6.54 Å². The van der Waals surface area contributed by atoms with Crippen LogP contribution in [0.4, 0.5) is 0 Å². The van der Waals surface area contributed by atoms with Gasteiger partial charge in [0.25, 0.3) is 0 Å². The summed E-state index contributed by atoms with van der Waals surface area (Å²) >= 11 is 0. The lowest BCUT2D eigenvalue weighted by Gasteiger charge is -2.19. The highest BCUT2D eigenvalue weighted by atomic mass is 32.2. The molecule has 0 aliphatic rings. The highest BCUT2D eigenvalue weighted by molar-refractivity contribution is 7.89. The fraction of sp³-hybridized carbons (Fsp3) is 0.529. The number of nitrogens with one attached hydrogen (secondary N) is 1. The molecule has 0 spiro atoms. The number of rotatable bonds is 6. The van der Waals surface area contributed by atoms with Gasteiger partial charge in [0.1, 0.15) is 6.07 Å². The quantitative estimate of drug-likeness (QED) is 0.793. The van der Waals surface area contributed by atoms with Crippen molar-refractivity contribution in [2.75, 3.05) is 6.54 Å². The van der Waals surface area contributed by atoms with Gasteiger partial charge in [-0.3, -0.25) is 4.79 Å². The Labute approximate surface area is 143 Å².